The van der Waals surface area contributed by atoms with Gasteiger partial charge in [0.25, 0.3) is 0 Å². The van der Waals surface area contributed by atoms with Crippen LogP contribution in [0.3, 0.4) is 0 Å². The second-order valence-corrected chi connectivity index (χ2v) is 6.96. The SMILES string of the molecule is CCNC(=NCCCn1cccn1)N1CCC(COCc2ccccc2)C1. The third-order valence-corrected chi connectivity index (χ3v) is 4.75. The summed E-state index contributed by atoms with van der Waals surface area (Å²) < 4.78 is 7.89. The second-order valence-electron chi connectivity index (χ2n) is 6.96. The number of likely N-dealkylation sites (tertiary alicyclic amines) is 1. The van der Waals surface area contributed by atoms with Crippen LogP contribution in [0.2, 0.25) is 0 Å². The van der Waals surface area contributed by atoms with Crippen LogP contribution in [-0.4, -0.2) is 53.4 Å². The van der Waals surface area contributed by atoms with Gasteiger partial charge < -0.3 is 15.0 Å². The van der Waals surface area contributed by atoms with Gasteiger partial charge in [-0.15, -0.1) is 0 Å². The number of nitrogens with one attached hydrogen (secondary N) is 1. The summed E-state index contributed by atoms with van der Waals surface area (Å²) in [4.78, 5) is 7.18. The summed E-state index contributed by atoms with van der Waals surface area (Å²) >= 11 is 0. The van der Waals surface area contributed by atoms with Gasteiger partial charge in [-0.3, -0.25) is 9.67 Å². The van der Waals surface area contributed by atoms with Crippen molar-refractivity contribution in [1.29, 1.82) is 0 Å². The second kappa shape index (κ2) is 10.7. The number of aromatic nitrogens is 2. The predicted octanol–water partition coefficient (Wildman–Crippen LogP) is 2.78. The fraction of sp³-hybridized carbons (Fsp3) is 0.524. The van der Waals surface area contributed by atoms with Crippen molar-refractivity contribution in [2.75, 3.05) is 32.8 Å². The molecular weight excluding hydrogens is 338 g/mol. The molecule has 2 heterocycles. The lowest BCUT2D eigenvalue weighted by atomic mass is 10.1. The van der Waals surface area contributed by atoms with Crippen molar-refractivity contribution < 1.29 is 4.74 Å². The lowest BCUT2D eigenvalue weighted by Crippen LogP contribution is -2.40. The van der Waals surface area contributed by atoms with Crippen molar-refractivity contribution in [3.63, 3.8) is 0 Å². The molecule has 2 aromatic rings. The van der Waals surface area contributed by atoms with Gasteiger partial charge in [0.05, 0.1) is 13.2 Å². The molecule has 1 atom stereocenters. The van der Waals surface area contributed by atoms with Crippen LogP contribution in [0.4, 0.5) is 0 Å². The molecule has 1 aliphatic rings. The van der Waals surface area contributed by atoms with Crippen LogP contribution >= 0.6 is 0 Å². The first-order chi connectivity index (χ1) is 13.3. The van der Waals surface area contributed by atoms with E-state index >= 15 is 0 Å². The van der Waals surface area contributed by atoms with E-state index in [1.165, 1.54) is 5.56 Å². The normalized spacial score (nSPS) is 17.4. The highest BCUT2D eigenvalue weighted by Crippen LogP contribution is 2.17. The Morgan fingerprint density at radius 3 is 2.96 bits per heavy atom. The Morgan fingerprint density at radius 2 is 2.19 bits per heavy atom. The number of guanidine groups is 1. The molecule has 0 amide bonds. The average molecular weight is 370 g/mol. The minimum absolute atomic E-state index is 0.571. The average Bonchev–Trinajstić information content (AvgIpc) is 3.37. The maximum absolute atomic E-state index is 5.93. The van der Waals surface area contributed by atoms with Gasteiger partial charge in [-0.25, -0.2) is 0 Å². The Bertz CT molecular complexity index is 671. The summed E-state index contributed by atoms with van der Waals surface area (Å²) in [7, 11) is 0. The van der Waals surface area contributed by atoms with Gasteiger partial charge in [0.15, 0.2) is 5.96 Å². The quantitative estimate of drug-likeness (QED) is 0.420. The zero-order valence-electron chi connectivity index (χ0n) is 16.3. The van der Waals surface area contributed by atoms with E-state index in [2.05, 4.69) is 46.5 Å². The largest absolute Gasteiger partial charge is 0.376 e. The molecule has 6 heteroatoms. The summed E-state index contributed by atoms with van der Waals surface area (Å²) in [6, 6.07) is 12.3. The van der Waals surface area contributed by atoms with Crippen LogP contribution in [0, 0.1) is 5.92 Å². The molecule has 0 spiro atoms. The summed E-state index contributed by atoms with van der Waals surface area (Å²) in [5, 5.41) is 7.67. The lowest BCUT2D eigenvalue weighted by molar-refractivity contribution is 0.0907. The Kier molecular flexibility index (Phi) is 7.71. The van der Waals surface area contributed by atoms with Gasteiger partial charge in [0, 0.05) is 51.0 Å². The molecule has 146 valence electrons. The number of hydrogen-bond acceptors (Lipinski definition) is 3. The van der Waals surface area contributed by atoms with Crippen molar-refractivity contribution in [3.8, 4) is 0 Å². The van der Waals surface area contributed by atoms with Crippen molar-refractivity contribution >= 4 is 5.96 Å². The molecule has 6 nitrogen and oxygen atoms in total. The van der Waals surface area contributed by atoms with E-state index in [1.807, 2.05) is 29.2 Å². The van der Waals surface area contributed by atoms with E-state index in [-0.39, 0.29) is 0 Å². The first-order valence-corrected chi connectivity index (χ1v) is 9.97. The Hall–Kier alpha value is -2.34. The van der Waals surface area contributed by atoms with Crippen LogP contribution in [0.1, 0.15) is 25.3 Å². The number of ether oxygens (including phenoxy) is 1. The minimum Gasteiger partial charge on any atom is -0.376 e. The highest BCUT2D eigenvalue weighted by atomic mass is 16.5. The Labute approximate surface area is 162 Å². The van der Waals surface area contributed by atoms with Gasteiger partial charge in [0.1, 0.15) is 0 Å². The van der Waals surface area contributed by atoms with Crippen molar-refractivity contribution in [1.82, 2.24) is 20.0 Å². The number of hydrogen-bond donors (Lipinski definition) is 1. The summed E-state index contributed by atoms with van der Waals surface area (Å²) in [5.74, 6) is 1.60. The number of aliphatic imine (C=N–C) groups is 1. The minimum atomic E-state index is 0.571. The standard InChI is InChI=1S/C21H31N5O/c1-2-22-21(23-11-6-13-26-14-7-12-24-26)25-15-10-20(16-25)18-27-17-19-8-4-3-5-9-19/h3-5,7-9,12,14,20H,2,6,10-11,13,15-18H2,1H3,(H,22,23). The third kappa shape index (κ3) is 6.40. The highest BCUT2D eigenvalue weighted by molar-refractivity contribution is 5.80. The van der Waals surface area contributed by atoms with Crippen LogP contribution in [-0.2, 0) is 17.9 Å². The van der Waals surface area contributed by atoms with E-state index in [0.29, 0.717) is 12.5 Å². The van der Waals surface area contributed by atoms with Crippen molar-refractivity contribution in [2.24, 2.45) is 10.9 Å². The monoisotopic (exact) mass is 369 g/mol. The molecule has 1 aromatic heterocycles. The van der Waals surface area contributed by atoms with E-state index in [1.54, 1.807) is 0 Å². The van der Waals surface area contributed by atoms with E-state index in [4.69, 9.17) is 9.73 Å². The molecule has 0 bridgehead atoms. The Morgan fingerprint density at radius 1 is 1.30 bits per heavy atom. The molecule has 0 saturated carbocycles. The molecular formula is C21H31N5O. The lowest BCUT2D eigenvalue weighted by Gasteiger charge is -2.21. The summed E-state index contributed by atoms with van der Waals surface area (Å²) in [6.45, 7) is 8.30. The van der Waals surface area contributed by atoms with Gasteiger partial charge in [-0.05, 0) is 31.4 Å². The fourth-order valence-corrected chi connectivity index (χ4v) is 3.35. The molecule has 1 N–H and O–H groups in total. The summed E-state index contributed by atoms with van der Waals surface area (Å²) in [6.07, 6.45) is 5.97. The van der Waals surface area contributed by atoms with E-state index in [0.717, 1.165) is 58.1 Å². The number of nitrogens with zero attached hydrogens (tertiary/aromatic N) is 4. The van der Waals surface area contributed by atoms with E-state index in [9.17, 15) is 0 Å². The van der Waals surface area contributed by atoms with Gasteiger partial charge in [0.2, 0.25) is 0 Å². The molecule has 27 heavy (non-hydrogen) atoms. The first-order valence-electron chi connectivity index (χ1n) is 9.97. The number of benzene rings is 1. The van der Waals surface area contributed by atoms with Crippen LogP contribution < -0.4 is 5.32 Å². The fourth-order valence-electron chi connectivity index (χ4n) is 3.35. The van der Waals surface area contributed by atoms with Crippen LogP contribution in [0.5, 0.6) is 0 Å². The maximum atomic E-state index is 5.93. The van der Waals surface area contributed by atoms with Crippen LogP contribution in [0.25, 0.3) is 0 Å². The third-order valence-electron chi connectivity index (χ3n) is 4.75. The molecule has 3 rings (SSSR count). The zero-order valence-corrected chi connectivity index (χ0v) is 16.3. The number of rotatable bonds is 9. The van der Waals surface area contributed by atoms with Gasteiger partial charge in [-0.2, -0.15) is 5.10 Å². The van der Waals surface area contributed by atoms with Crippen molar-refractivity contribution in [2.45, 2.75) is 32.9 Å². The zero-order chi connectivity index (χ0) is 18.7. The topological polar surface area (TPSA) is 54.7 Å². The molecule has 1 unspecified atom stereocenters. The maximum Gasteiger partial charge on any atom is 0.193 e. The smallest absolute Gasteiger partial charge is 0.193 e. The molecule has 0 radical (unpaired) electrons. The van der Waals surface area contributed by atoms with Gasteiger partial charge in [-0.1, -0.05) is 30.3 Å². The Balaban J connectivity index is 1.40. The van der Waals surface area contributed by atoms with Crippen LogP contribution in [0.15, 0.2) is 53.8 Å². The number of aryl methyl sites for hydroxylation is 1. The van der Waals surface area contributed by atoms with E-state index < -0.39 is 0 Å². The molecule has 1 aliphatic heterocycles. The molecule has 1 fully saturated rings. The first kappa shape index (κ1) is 19.4. The highest BCUT2D eigenvalue weighted by Gasteiger charge is 2.24. The molecule has 1 saturated heterocycles. The molecule has 0 aliphatic carbocycles. The predicted molar refractivity (Wildman–Crippen MR) is 109 cm³/mol. The van der Waals surface area contributed by atoms with Gasteiger partial charge >= 0.3 is 0 Å². The van der Waals surface area contributed by atoms with Crippen molar-refractivity contribution in [3.05, 3.63) is 54.4 Å². The summed E-state index contributed by atoms with van der Waals surface area (Å²) in [5.41, 5.74) is 1.24. The molecule has 1 aromatic carbocycles.